The number of thiophene rings is 2. The molecule has 4 aromatic rings. The van der Waals surface area contributed by atoms with Gasteiger partial charge >= 0.3 is 0 Å². The number of nitrogens with zero attached hydrogens (tertiary/aromatic N) is 2. The van der Waals surface area contributed by atoms with E-state index in [4.69, 9.17) is 0 Å². The third kappa shape index (κ3) is 2.02. The van der Waals surface area contributed by atoms with Crippen LogP contribution in [0.15, 0.2) is 64.3 Å². The second-order valence-corrected chi connectivity index (χ2v) is 6.37. The third-order valence-electron chi connectivity index (χ3n) is 3.32. The second-order valence-electron chi connectivity index (χ2n) is 4.56. The van der Waals surface area contributed by atoms with Crippen LogP contribution in [-0.4, -0.2) is 9.55 Å². The van der Waals surface area contributed by atoms with Gasteiger partial charge in [0.15, 0.2) is 0 Å². The summed E-state index contributed by atoms with van der Waals surface area (Å²) in [5, 5.41) is 4.74. The van der Waals surface area contributed by atoms with Crippen molar-refractivity contribution in [3.8, 4) is 16.1 Å². The first-order valence-electron chi connectivity index (χ1n) is 6.43. The van der Waals surface area contributed by atoms with Crippen molar-refractivity contribution < 1.29 is 0 Å². The first kappa shape index (κ1) is 12.5. The highest BCUT2D eigenvalue weighted by Gasteiger charge is 2.14. The summed E-state index contributed by atoms with van der Waals surface area (Å²) in [6, 6.07) is 13.6. The SMILES string of the molecule is O=c1c2c(-c3cccs3)csc2ncn1-c1ccccc1. The lowest BCUT2D eigenvalue weighted by molar-refractivity contribution is 0.967. The van der Waals surface area contributed by atoms with Crippen molar-refractivity contribution in [2.75, 3.05) is 0 Å². The smallest absolute Gasteiger partial charge is 0.267 e. The van der Waals surface area contributed by atoms with Crippen LogP contribution in [0.25, 0.3) is 26.3 Å². The van der Waals surface area contributed by atoms with Gasteiger partial charge in [0.25, 0.3) is 5.56 Å². The zero-order valence-corrected chi connectivity index (χ0v) is 12.5. The summed E-state index contributed by atoms with van der Waals surface area (Å²) in [6.45, 7) is 0. The molecule has 0 unspecified atom stereocenters. The van der Waals surface area contributed by atoms with Crippen molar-refractivity contribution in [1.82, 2.24) is 9.55 Å². The van der Waals surface area contributed by atoms with Crippen LogP contribution < -0.4 is 5.56 Å². The van der Waals surface area contributed by atoms with Crippen molar-refractivity contribution in [2.45, 2.75) is 0 Å². The van der Waals surface area contributed by atoms with Gasteiger partial charge in [0.1, 0.15) is 11.2 Å². The van der Waals surface area contributed by atoms with Gasteiger partial charge in [-0.1, -0.05) is 24.3 Å². The van der Waals surface area contributed by atoms with Gasteiger partial charge in [0, 0.05) is 15.8 Å². The minimum atomic E-state index is -0.0177. The van der Waals surface area contributed by atoms with E-state index >= 15 is 0 Å². The molecule has 3 heterocycles. The molecule has 5 heteroatoms. The molecule has 0 aliphatic carbocycles. The average Bonchev–Trinajstić information content (AvgIpc) is 3.17. The summed E-state index contributed by atoms with van der Waals surface area (Å²) in [6.07, 6.45) is 1.61. The minimum absolute atomic E-state index is 0.0177. The number of benzene rings is 1. The average molecular weight is 310 g/mol. The molecule has 0 radical (unpaired) electrons. The number of para-hydroxylation sites is 1. The minimum Gasteiger partial charge on any atom is -0.268 e. The molecule has 4 rings (SSSR count). The normalized spacial score (nSPS) is 11.0. The van der Waals surface area contributed by atoms with E-state index in [-0.39, 0.29) is 5.56 Å². The van der Waals surface area contributed by atoms with Crippen LogP contribution in [0.5, 0.6) is 0 Å². The lowest BCUT2D eigenvalue weighted by Crippen LogP contribution is -2.18. The summed E-state index contributed by atoms with van der Waals surface area (Å²) in [4.78, 5) is 19.2. The first-order valence-corrected chi connectivity index (χ1v) is 8.19. The van der Waals surface area contributed by atoms with Gasteiger partial charge in [0.2, 0.25) is 0 Å². The molecule has 3 aromatic heterocycles. The van der Waals surface area contributed by atoms with Crippen LogP contribution in [0.3, 0.4) is 0 Å². The van der Waals surface area contributed by atoms with Gasteiger partial charge in [-0.25, -0.2) is 4.98 Å². The van der Waals surface area contributed by atoms with E-state index in [9.17, 15) is 4.79 Å². The predicted molar refractivity (Wildman–Crippen MR) is 88.5 cm³/mol. The number of rotatable bonds is 2. The van der Waals surface area contributed by atoms with Crippen LogP contribution >= 0.6 is 22.7 Å². The number of hydrogen-bond acceptors (Lipinski definition) is 4. The van der Waals surface area contributed by atoms with Crippen LogP contribution in [0.1, 0.15) is 0 Å². The molecular weight excluding hydrogens is 300 g/mol. The summed E-state index contributed by atoms with van der Waals surface area (Å²) < 4.78 is 1.60. The summed E-state index contributed by atoms with van der Waals surface area (Å²) in [5.41, 5.74) is 1.80. The maximum Gasteiger partial charge on any atom is 0.267 e. The fraction of sp³-hybridized carbons (Fsp3) is 0. The first-order chi connectivity index (χ1) is 10.3. The zero-order valence-electron chi connectivity index (χ0n) is 10.9. The zero-order chi connectivity index (χ0) is 14.2. The Bertz CT molecular complexity index is 953. The maximum atomic E-state index is 12.8. The van der Waals surface area contributed by atoms with Crippen LogP contribution in [-0.2, 0) is 0 Å². The van der Waals surface area contributed by atoms with Gasteiger partial charge < -0.3 is 0 Å². The van der Waals surface area contributed by atoms with Crippen molar-refractivity contribution in [1.29, 1.82) is 0 Å². The molecule has 0 atom stereocenters. The van der Waals surface area contributed by atoms with Crippen LogP contribution in [0.2, 0.25) is 0 Å². The van der Waals surface area contributed by atoms with E-state index in [0.29, 0.717) is 5.39 Å². The van der Waals surface area contributed by atoms with Crippen molar-refractivity contribution in [3.63, 3.8) is 0 Å². The number of hydrogen-bond donors (Lipinski definition) is 0. The van der Waals surface area contributed by atoms with E-state index in [1.807, 2.05) is 53.2 Å². The molecule has 0 spiro atoms. The van der Waals surface area contributed by atoms with Crippen molar-refractivity contribution in [3.05, 3.63) is 69.9 Å². The Labute approximate surface area is 128 Å². The molecule has 0 amide bonds. The molecule has 21 heavy (non-hydrogen) atoms. The fourth-order valence-electron chi connectivity index (χ4n) is 2.32. The van der Waals surface area contributed by atoms with E-state index < -0.39 is 0 Å². The molecule has 0 saturated carbocycles. The van der Waals surface area contributed by atoms with Gasteiger partial charge in [0.05, 0.1) is 11.1 Å². The van der Waals surface area contributed by atoms with E-state index in [0.717, 1.165) is 21.0 Å². The van der Waals surface area contributed by atoms with Gasteiger partial charge in [-0.3, -0.25) is 9.36 Å². The number of aromatic nitrogens is 2. The molecule has 0 bridgehead atoms. The van der Waals surface area contributed by atoms with Crippen molar-refractivity contribution >= 4 is 32.9 Å². The molecule has 0 aliphatic heterocycles. The highest BCUT2D eigenvalue weighted by atomic mass is 32.1. The molecule has 0 fully saturated rings. The molecule has 0 saturated heterocycles. The van der Waals surface area contributed by atoms with Crippen LogP contribution in [0.4, 0.5) is 0 Å². The Kier molecular flexibility index (Phi) is 2.94. The van der Waals surface area contributed by atoms with E-state index in [1.165, 1.54) is 11.3 Å². The Morgan fingerprint density at radius 3 is 2.62 bits per heavy atom. The lowest BCUT2D eigenvalue weighted by atomic mass is 10.2. The maximum absolute atomic E-state index is 12.8. The van der Waals surface area contributed by atoms with Gasteiger partial charge in [-0.15, -0.1) is 22.7 Å². The largest absolute Gasteiger partial charge is 0.268 e. The molecule has 0 N–H and O–H groups in total. The van der Waals surface area contributed by atoms with Crippen LogP contribution in [0, 0.1) is 0 Å². The fourth-order valence-corrected chi connectivity index (χ4v) is 4.04. The predicted octanol–water partition coefficient (Wildman–Crippen LogP) is 4.18. The lowest BCUT2D eigenvalue weighted by Gasteiger charge is -2.05. The summed E-state index contributed by atoms with van der Waals surface area (Å²) in [5.74, 6) is 0. The van der Waals surface area contributed by atoms with Gasteiger partial charge in [-0.05, 0) is 23.6 Å². The Morgan fingerprint density at radius 2 is 1.86 bits per heavy atom. The topological polar surface area (TPSA) is 34.9 Å². The third-order valence-corrected chi connectivity index (χ3v) is 5.11. The Morgan fingerprint density at radius 1 is 1.00 bits per heavy atom. The Hall–Kier alpha value is -2.24. The molecule has 102 valence electrons. The molecule has 3 nitrogen and oxygen atoms in total. The highest BCUT2D eigenvalue weighted by molar-refractivity contribution is 7.18. The highest BCUT2D eigenvalue weighted by Crippen LogP contribution is 2.33. The van der Waals surface area contributed by atoms with Crippen molar-refractivity contribution in [2.24, 2.45) is 0 Å². The molecule has 1 aromatic carbocycles. The Balaban J connectivity index is 2.03. The summed E-state index contributed by atoms with van der Waals surface area (Å²) in [7, 11) is 0. The van der Waals surface area contributed by atoms with Gasteiger partial charge in [-0.2, -0.15) is 0 Å². The number of fused-ring (bicyclic) bond motifs is 1. The monoisotopic (exact) mass is 310 g/mol. The second kappa shape index (κ2) is 4.95. The quantitative estimate of drug-likeness (QED) is 0.557. The standard InChI is InChI=1S/C16H10N2OS2/c19-16-14-12(13-7-4-8-20-13)9-21-15(14)17-10-18(16)11-5-2-1-3-6-11/h1-10H. The molecule has 0 aliphatic rings. The van der Waals surface area contributed by atoms with E-state index in [2.05, 4.69) is 4.98 Å². The molecular formula is C16H10N2OS2. The summed E-state index contributed by atoms with van der Waals surface area (Å²) >= 11 is 3.15. The van der Waals surface area contributed by atoms with E-state index in [1.54, 1.807) is 22.2 Å².